The number of amides is 1. The molecule has 2 fully saturated rings. The highest BCUT2D eigenvalue weighted by molar-refractivity contribution is 5.91. The Hall–Kier alpha value is -1.61. The quantitative estimate of drug-likeness (QED) is 0.801. The first kappa shape index (κ1) is 17.2. The second-order valence-corrected chi connectivity index (χ2v) is 7.25. The largest absolute Gasteiger partial charge is 0.350 e. The molecule has 2 bridgehead atoms. The lowest BCUT2D eigenvalue weighted by Gasteiger charge is -2.49. The standard InChI is InChI=1S/C21H30N2O/c1-2-3-14-23-19-10-7-11-20(23)16-18(15-19)22-21(24)13-12-17-8-5-4-6-9-17/h4-6,8-9,12-13,18-20H,2-3,7,10-11,14-16H2,1H3,(H,22,24). The second-order valence-electron chi connectivity index (χ2n) is 7.25. The molecule has 3 heteroatoms. The molecule has 2 saturated heterocycles. The Morgan fingerprint density at radius 3 is 2.58 bits per heavy atom. The minimum Gasteiger partial charge on any atom is -0.350 e. The van der Waals surface area contributed by atoms with Crippen molar-refractivity contribution in [1.82, 2.24) is 10.2 Å². The van der Waals surface area contributed by atoms with Crippen LogP contribution in [0.4, 0.5) is 0 Å². The van der Waals surface area contributed by atoms with Gasteiger partial charge in [-0.1, -0.05) is 50.1 Å². The van der Waals surface area contributed by atoms with Crippen molar-refractivity contribution < 1.29 is 4.79 Å². The van der Waals surface area contributed by atoms with E-state index >= 15 is 0 Å². The Bertz CT molecular complexity index is 540. The van der Waals surface area contributed by atoms with E-state index in [0.717, 1.165) is 18.4 Å². The minimum absolute atomic E-state index is 0.0453. The molecule has 24 heavy (non-hydrogen) atoms. The van der Waals surface area contributed by atoms with E-state index in [4.69, 9.17) is 0 Å². The summed E-state index contributed by atoms with van der Waals surface area (Å²) in [7, 11) is 0. The molecule has 3 nitrogen and oxygen atoms in total. The van der Waals surface area contributed by atoms with E-state index in [1.165, 1.54) is 38.6 Å². The van der Waals surface area contributed by atoms with Gasteiger partial charge in [0.2, 0.25) is 5.91 Å². The Labute approximate surface area is 146 Å². The van der Waals surface area contributed by atoms with Crippen LogP contribution in [0, 0.1) is 0 Å². The summed E-state index contributed by atoms with van der Waals surface area (Å²) in [6, 6.07) is 11.7. The SMILES string of the molecule is CCCCN1C2CCCC1CC(NC(=O)C=Cc1ccccc1)C2. The van der Waals surface area contributed by atoms with Gasteiger partial charge in [0.05, 0.1) is 0 Å². The number of hydrogen-bond acceptors (Lipinski definition) is 2. The van der Waals surface area contributed by atoms with Gasteiger partial charge in [-0.2, -0.15) is 0 Å². The summed E-state index contributed by atoms with van der Waals surface area (Å²) in [5.41, 5.74) is 1.07. The first-order valence-corrected chi connectivity index (χ1v) is 9.55. The van der Waals surface area contributed by atoms with Crippen LogP contribution in [0.2, 0.25) is 0 Å². The van der Waals surface area contributed by atoms with Crippen molar-refractivity contribution in [3.63, 3.8) is 0 Å². The maximum atomic E-state index is 12.2. The molecule has 2 heterocycles. The molecule has 0 saturated carbocycles. The van der Waals surface area contributed by atoms with Crippen molar-refractivity contribution >= 4 is 12.0 Å². The Morgan fingerprint density at radius 1 is 1.21 bits per heavy atom. The lowest BCUT2D eigenvalue weighted by atomic mass is 9.81. The van der Waals surface area contributed by atoms with Crippen LogP contribution in [0.1, 0.15) is 57.4 Å². The van der Waals surface area contributed by atoms with Crippen molar-refractivity contribution in [2.75, 3.05) is 6.54 Å². The highest BCUT2D eigenvalue weighted by atomic mass is 16.1. The third-order valence-corrected chi connectivity index (χ3v) is 5.47. The van der Waals surface area contributed by atoms with Gasteiger partial charge in [-0.15, -0.1) is 0 Å². The highest BCUT2D eigenvalue weighted by Crippen LogP contribution is 2.34. The number of unbranched alkanes of at least 4 members (excludes halogenated alkanes) is 1. The third-order valence-electron chi connectivity index (χ3n) is 5.47. The van der Waals surface area contributed by atoms with Crippen LogP contribution >= 0.6 is 0 Å². The van der Waals surface area contributed by atoms with Crippen LogP contribution in [0.5, 0.6) is 0 Å². The third kappa shape index (κ3) is 4.47. The monoisotopic (exact) mass is 326 g/mol. The molecule has 3 rings (SSSR count). The van der Waals surface area contributed by atoms with Gasteiger partial charge in [0.1, 0.15) is 0 Å². The summed E-state index contributed by atoms with van der Waals surface area (Å²) >= 11 is 0. The smallest absolute Gasteiger partial charge is 0.244 e. The van der Waals surface area contributed by atoms with Gasteiger partial charge in [0.25, 0.3) is 0 Å². The molecule has 0 spiro atoms. The number of carbonyl (C=O) groups excluding carboxylic acids is 1. The molecular formula is C21H30N2O. The number of hydrogen-bond donors (Lipinski definition) is 1. The maximum Gasteiger partial charge on any atom is 0.244 e. The van der Waals surface area contributed by atoms with Crippen molar-refractivity contribution in [1.29, 1.82) is 0 Å². The number of carbonyl (C=O) groups is 1. The van der Waals surface area contributed by atoms with Crippen molar-refractivity contribution in [2.24, 2.45) is 0 Å². The average molecular weight is 326 g/mol. The van der Waals surface area contributed by atoms with Crippen LogP contribution in [0.3, 0.4) is 0 Å². The number of fused-ring (bicyclic) bond motifs is 2. The Kier molecular flexibility index (Phi) is 6.08. The molecule has 2 unspecified atom stereocenters. The molecule has 2 aliphatic rings. The second kappa shape index (κ2) is 8.48. The van der Waals surface area contributed by atoms with Crippen molar-refractivity contribution in [3.8, 4) is 0 Å². The summed E-state index contributed by atoms with van der Waals surface area (Å²) in [6.45, 7) is 3.50. The fraction of sp³-hybridized carbons (Fsp3) is 0.571. The van der Waals surface area contributed by atoms with Gasteiger partial charge in [0.15, 0.2) is 0 Å². The fourth-order valence-electron chi connectivity index (χ4n) is 4.29. The summed E-state index contributed by atoms with van der Waals surface area (Å²) in [6.07, 6.45) is 12.3. The zero-order valence-corrected chi connectivity index (χ0v) is 14.8. The van der Waals surface area contributed by atoms with Crippen molar-refractivity contribution in [2.45, 2.75) is 70.0 Å². The molecule has 2 atom stereocenters. The van der Waals surface area contributed by atoms with E-state index in [2.05, 4.69) is 17.1 Å². The van der Waals surface area contributed by atoms with E-state index in [0.29, 0.717) is 18.1 Å². The normalized spacial score (nSPS) is 27.3. The van der Waals surface area contributed by atoms with Crippen LogP contribution < -0.4 is 5.32 Å². The predicted octanol–water partition coefficient (Wildman–Crippen LogP) is 4.00. The van der Waals surface area contributed by atoms with E-state index in [1.807, 2.05) is 36.4 Å². The fourth-order valence-corrected chi connectivity index (χ4v) is 4.29. The number of benzene rings is 1. The van der Waals surface area contributed by atoms with Gasteiger partial charge >= 0.3 is 0 Å². The summed E-state index contributed by atoms with van der Waals surface area (Å²) in [4.78, 5) is 15.0. The molecule has 0 radical (unpaired) electrons. The number of nitrogens with zero attached hydrogens (tertiary/aromatic N) is 1. The zero-order valence-electron chi connectivity index (χ0n) is 14.8. The highest BCUT2D eigenvalue weighted by Gasteiger charge is 2.37. The molecule has 1 amide bonds. The Morgan fingerprint density at radius 2 is 1.92 bits per heavy atom. The number of rotatable bonds is 6. The molecule has 1 aromatic rings. The van der Waals surface area contributed by atoms with Gasteiger partial charge in [-0.05, 0) is 50.3 Å². The topological polar surface area (TPSA) is 32.3 Å². The van der Waals surface area contributed by atoms with Gasteiger partial charge in [0, 0.05) is 24.2 Å². The molecule has 2 aliphatic heterocycles. The predicted molar refractivity (Wildman–Crippen MR) is 99.7 cm³/mol. The van der Waals surface area contributed by atoms with E-state index < -0.39 is 0 Å². The van der Waals surface area contributed by atoms with E-state index in [-0.39, 0.29) is 5.91 Å². The van der Waals surface area contributed by atoms with Crippen LogP contribution in [0.25, 0.3) is 6.08 Å². The van der Waals surface area contributed by atoms with Crippen LogP contribution in [-0.4, -0.2) is 35.5 Å². The number of piperidine rings is 2. The van der Waals surface area contributed by atoms with Gasteiger partial charge in [-0.3, -0.25) is 9.69 Å². The molecule has 0 aromatic heterocycles. The number of nitrogens with one attached hydrogen (secondary N) is 1. The van der Waals surface area contributed by atoms with Crippen LogP contribution in [-0.2, 0) is 4.79 Å². The Balaban J connectivity index is 1.53. The molecule has 0 aliphatic carbocycles. The summed E-state index contributed by atoms with van der Waals surface area (Å²) in [5, 5.41) is 3.24. The van der Waals surface area contributed by atoms with Gasteiger partial charge in [-0.25, -0.2) is 0 Å². The average Bonchev–Trinajstić information content (AvgIpc) is 2.59. The zero-order chi connectivity index (χ0) is 16.8. The molecule has 1 N–H and O–H groups in total. The first-order chi connectivity index (χ1) is 11.8. The first-order valence-electron chi connectivity index (χ1n) is 9.55. The maximum absolute atomic E-state index is 12.2. The minimum atomic E-state index is 0.0453. The lowest BCUT2D eigenvalue weighted by Crippen LogP contribution is -2.56. The van der Waals surface area contributed by atoms with Crippen molar-refractivity contribution in [3.05, 3.63) is 42.0 Å². The van der Waals surface area contributed by atoms with E-state index in [9.17, 15) is 4.79 Å². The lowest BCUT2D eigenvalue weighted by molar-refractivity contribution is -0.118. The van der Waals surface area contributed by atoms with Gasteiger partial charge < -0.3 is 5.32 Å². The van der Waals surface area contributed by atoms with Crippen LogP contribution in [0.15, 0.2) is 36.4 Å². The molecule has 1 aromatic carbocycles. The summed E-state index contributed by atoms with van der Waals surface area (Å²) < 4.78 is 0. The molecule has 130 valence electrons. The summed E-state index contributed by atoms with van der Waals surface area (Å²) in [5.74, 6) is 0.0453. The molecular weight excluding hydrogens is 296 g/mol. The van der Waals surface area contributed by atoms with E-state index in [1.54, 1.807) is 6.08 Å².